The number of aliphatic carboxylic acids is 1. The highest BCUT2D eigenvalue weighted by atomic mass is 19.2. The van der Waals surface area contributed by atoms with Crippen LogP contribution < -0.4 is 4.74 Å². The molecular weight excluding hydrogens is 372 g/mol. The molecule has 2 aromatic rings. The topological polar surface area (TPSA) is 76.1 Å². The van der Waals surface area contributed by atoms with Gasteiger partial charge in [-0.3, -0.25) is 4.79 Å². The highest BCUT2D eigenvalue weighted by Crippen LogP contribution is 2.27. The SMILES string of the molecule is C[C@@H]1CN(C(=O)C(Oc2ccc(F)c(F)c2)c2ccccc2)CC(C(=O)O)O1. The maximum absolute atomic E-state index is 13.5. The van der Waals surface area contributed by atoms with Gasteiger partial charge >= 0.3 is 5.97 Å². The minimum atomic E-state index is -1.16. The quantitative estimate of drug-likeness (QED) is 0.848. The van der Waals surface area contributed by atoms with Crippen LogP contribution >= 0.6 is 0 Å². The fourth-order valence-electron chi connectivity index (χ4n) is 3.01. The maximum Gasteiger partial charge on any atom is 0.334 e. The van der Waals surface area contributed by atoms with Gasteiger partial charge in [0.1, 0.15) is 5.75 Å². The number of nitrogens with zero attached hydrogens (tertiary/aromatic N) is 1. The average Bonchev–Trinajstić information content (AvgIpc) is 2.68. The minimum absolute atomic E-state index is 0.0165. The number of hydrogen-bond acceptors (Lipinski definition) is 4. The van der Waals surface area contributed by atoms with Gasteiger partial charge < -0.3 is 19.5 Å². The number of carbonyl (C=O) groups is 2. The lowest BCUT2D eigenvalue weighted by Crippen LogP contribution is -2.53. The second-order valence-electron chi connectivity index (χ2n) is 6.50. The lowest BCUT2D eigenvalue weighted by molar-refractivity contribution is -0.169. The number of carboxylic acid groups (broad SMARTS) is 1. The number of benzene rings is 2. The van der Waals surface area contributed by atoms with E-state index in [-0.39, 0.29) is 18.8 Å². The largest absolute Gasteiger partial charge is 0.479 e. The minimum Gasteiger partial charge on any atom is -0.479 e. The number of carboxylic acids is 1. The maximum atomic E-state index is 13.5. The van der Waals surface area contributed by atoms with Crippen molar-refractivity contribution in [2.45, 2.75) is 25.2 Å². The van der Waals surface area contributed by atoms with Crippen molar-refractivity contribution in [3.8, 4) is 5.75 Å². The third kappa shape index (κ3) is 4.45. The van der Waals surface area contributed by atoms with Gasteiger partial charge in [-0.25, -0.2) is 13.6 Å². The van der Waals surface area contributed by atoms with Crippen molar-refractivity contribution in [1.82, 2.24) is 4.90 Å². The monoisotopic (exact) mass is 391 g/mol. The molecule has 0 aromatic heterocycles. The molecular formula is C20H19F2NO5. The molecule has 6 nitrogen and oxygen atoms in total. The summed E-state index contributed by atoms with van der Waals surface area (Å²) in [5.41, 5.74) is 0.503. The van der Waals surface area contributed by atoms with E-state index < -0.39 is 41.8 Å². The summed E-state index contributed by atoms with van der Waals surface area (Å²) in [5.74, 6) is -3.79. The predicted octanol–water partition coefficient (Wildman–Crippen LogP) is 2.79. The van der Waals surface area contributed by atoms with Gasteiger partial charge in [-0.05, 0) is 19.1 Å². The van der Waals surface area contributed by atoms with Gasteiger partial charge in [0, 0.05) is 18.2 Å². The van der Waals surface area contributed by atoms with Crippen LogP contribution in [0, 0.1) is 11.6 Å². The summed E-state index contributed by atoms with van der Waals surface area (Å²) in [6, 6.07) is 11.5. The molecule has 1 N–H and O–H groups in total. The molecule has 2 aromatic carbocycles. The normalized spacial score (nSPS) is 20.5. The molecule has 2 unspecified atom stereocenters. The van der Waals surface area contributed by atoms with Crippen molar-refractivity contribution in [1.29, 1.82) is 0 Å². The van der Waals surface area contributed by atoms with Crippen molar-refractivity contribution in [3.63, 3.8) is 0 Å². The molecule has 3 atom stereocenters. The molecule has 1 fully saturated rings. The standard InChI is InChI=1S/C20H19F2NO5/c1-12-10-23(11-17(27-12)20(25)26)19(24)18(13-5-3-2-4-6-13)28-14-7-8-15(21)16(22)9-14/h2-9,12,17-18H,10-11H2,1H3,(H,25,26)/t12-,17?,18?/m1/s1. The summed E-state index contributed by atoms with van der Waals surface area (Å²) >= 11 is 0. The van der Waals surface area contributed by atoms with Gasteiger partial charge in [0.2, 0.25) is 6.10 Å². The van der Waals surface area contributed by atoms with E-state index in [9.17, 15) is 23.5 Å². The number of halogens is 2. The lowest BCUT2D eigenvalue weighted by atomic mass is 10.1. The van der Waals surface area contributed by atoms with Crippen LogP contribution in [0.3, 0.4) is 0 Å². The fraction of sp³-hybridized carbons (Fsp3) is 0.300. The van der Waals surface area contributed by atoms with Crippen LogP contribution in [0.4, 0.5) is 8.78 Å². The molecule has 0 bridgehead atoms. The molecule has 0 saturated carbocycles. The van der Waals surface area contributed by atoms with E-state index in [0.717, 1.165) is 12.1 Å². The van der Waals surface area contributed by atoms with Crippen molar-refractivity contribution >= 4 is 11.9 Å². The Morgan fingerprint density at radius 1 is 1.14 bits per heavy atom. The van der Waals surface area contributed by atoms with E-state index in [4.69, 9.17) is 9.47 Å². The predicted molar refractivity (Wildman–Crippen MR) is 94.7 cm³/mol. The third-order valence-electron chi connectivity index (χ3n) is 4.32. The van der Waals surface area contributed by atoms with Crippen molar-refractivity contribution in [3.05, 3.63) is 65.7 Å². The van der Waals surface area contributed by atoms with Crippen LogP contribution in [0.1, 0.15) is 18.6 Å². The molecule has 1 aliphatic heterocycles. The Bertz CT molecular complexity index is 861. The van der Waals surface area contributed by atoms with Crippen LogP contribution in [0.2, 0.25) is 0 Å². The number of amides is 1. The van der Waals surface area contributed by atoms with Gasteiger partial charge in [-0.2, -0.15) is 0 Å². The Labute approximate surface area is 160 Å². The summed E-state index contributed by atoms with van der Waals surface area (Å²) < 4.78 is 37.8. The van der Waals surface area contributed by atoms with Gasteiger partial charge in [-0.1, -0.05) is 30.3 Å². The highest BCUT2D eigenvalue weighted by molar-refractivity contribution is 5.84. The Kier molecular flexibility index (Phi) is 5.89. The van der Waals surface area contributed by atoms with Gasteiger partial charge in [0.15, 0.2) is 17.7 Å². The molecule has 8 heteroatoms. The van der Waals surface area contributed by atoms with Gasteiger partial charge in [0.05, 0.1) is 12.6 Å². The summed E-state index contributed by atoms with van der Waals surface area (Å²) in [6.45, 7) is 1.72. The Hall–Kier alpha value is -3.00. The molecule has 3 rings (SSSR count). The van der Waals surface area contributed by atoms with Crippen LogP contribution in [-0.4, -0.2) is 47.2 Å². The van der Waals surface area contributed by atoms with E-state index in [0.29, 0.717) is 5.56 Å². The van der Waals surface area contributed by atoms with Crippen molar-refractivity contribution < 1.29 is 33.0 Å². The zero-order valence-corrected chi connectivity index (χ0v) is 15.0. The molecule has 0 aliphatic carbocycles. The third-order valence-corrected chi connectivity index (χ3v) is 4.32. The second kappa shape index (κ2) is 8.35. The Morgan fingerprint density at radius 3 is 2.50 bits per heavy atom. The molecule has 1 aliphatic rings. The van der Waals surface area contributed by atoms with Crippen molar-refractivity contribution in [2.75, 3.05) is 13.1 Å². The fourth-order valence-corrected chi connectivity index (χ4v) is 3.01. The first-order chi connectivity index (χ1) is 13.3. The van der Waals surface area contributed by atoms with E-state index in [1.807, 2.05) is 0 Å². The summed E-state index contributed by atoms with van der Waals surface area (Å²) in [6.07, 6.45) is -2.77. The molecule has 1 saturated heterocycles. The number of hydrogen-bond donors (Lipinski definition) is 1. The number of morpholine rings is 1. The number of ether oxygens (including phenoxy) is 2. The van der Waals surface area contributed by atoms with Crippen LogP contribution in [-0.2, 0) is 14.3 Å². The van der Waals surface area contributed by atoms with E-state index >= 15 is 0 Å². The zero-order chi connectivity index (χ0) is 20.3. The second-order valence-corrected chi connectivity index (χ2v) is 6.50. The number of rotatable bonds is 5. The van der Waals surface area contributed by atoms with E-state index in [1.54, 1.807) is 37.3 Å². The van der Waals surface area contributed by atoms with E-state index in [1.165, 1.54) is 11.0 Å². The van der Waals surface area contributed by atoms with Crippen molar-refractivity contribution in [2.24, 2.45) is 0 Å². The lowest BCUT2D eigenvalue weighted by Gasteiger charge is -2.36. The first kappa shape index (κ1) is 19.8. The van der Waals surface area contributed by atoms with Gasteiger partial charge in [-0.15, -0.1) is 0 Å². The first-order valence-electron chi connectivity index (χ1n) is 8.69. The summed E-state index contributed by atoms with van der Waals surface area (Å²) in [5, 5.41) is 9.23. The molecule has 1 amide bonds. The molecule has 148 valence electrons. The van der Waals surface area contributed by atoms with E-state index in [2.05, 4.69) is 0 Å². The smallest absolute Gasteiger partial charge is 0.334 e. The molecule has 0 radical (unpaired) electrons. The Morgan fingerprint density at radius 2 is 1.86 bits per heavy atom. The van der Waals surface area contributed by atoms with Crippen LogP contribution in [0.25, 0.3) is 0 Å². The Balaban J connectivity index is 1.89. The summed E-state index contributed by atoms with van der Waals surface area (Å²) in [7, 11) is 0. The van der Waals surface area contributed by atoms with Gasteiger partial charge in [0.25, 0.3) is 5.91 Å². The molecule has 28 heavy (non-hydrogen) atoms. The van der Waals surface area contributed by atoms with Crippen LogP contribution in [0.5, 0.6) is 5.75 Å². The first-order valence-corrected chi connectivity index (χ1v) is 8.69. The highest BCUT2D eigenvalue weighted by Gasteiger charge is 2.36. The summed E-state index contributed by atoms with van der Waals surface area (Å²) in [4.78, 5) is 25.8. The number of carbonyl (C=O) groups excluding carboxylic acids is 1. The molecule has 0 spiro atoms. The molecule has 1 heterocycles. The van der Waals surface area contributed by atoms with Crippen LogP contribution in [0.15, 0.2) is 48.5 Å². The zero-order valence-electron chi connectivity index (χ0n) is 15.0. The average molecular weight is 391 g/mol.